The maximum absolute atomic E-state index is 12.3. The monoisotopic (exact) mass is 538 g/mol. The molecule has 3 nitrogen and oxygen atoms in total. The summed E-state index contributed by atoms with van der Waals surface area (Å²) in [5, 5.41) is 14.3. The molecule has 0 fully saturated rings. The molecule has 0 amide bonds. The highest BCUT2D eigenvalue weighted by Crippen LogP contribution is 2.42. The van der Waals surface area contributed by atoms with Crippen molar-refractivity contribution in [2.45, 2.75) is 31.8 Å². The minimum Gasteiger partial charge on any atom is -0.376 e. The summed E-state index contributed by atoms with van der Waals surface area (Å²) in [6, 6.07) is 26.8. The van der Waals surface area contributed by atoms with Crippen LogP contribution in [0, 0.1) is 0 Å². The summed E-state index contributed by atoms with van der Waals surface area (Å²) >= 11 is 13.5. The Balaban J connectivity index is 1.73. The summed E-state index contributed by atoms with van der Waals surface area (Å²) in [7, 11) is 0. The van der Waals surface area contributed by atoms with Crippen LogP contribution in [-0.4, -0.2) is 15.1 Å². The van der Waals surface area contributed by atoms with Gasteiger partial charge in [-0.25, -0.2) is 4.98 Å². The first kappa shape index (κ1) is 26.1. The lowest BCUT2D eigenvalue weighted by molar-refractivity contribution is 0.125. The number of pyridine rings is 2. The quantitative estimate of drug-likeness (QED) is 0.243. The Morgan fingerprint density at radius 2 is 1.50 bits per heavy atom. The van der Waals surface area contributed by atoms with E-state index < -0.39 is 5.60 Å². The van der Waals surface area contributed by atoms with Gasteiger partial charge in [-0.05, 0) is 58.5 Å². The van der Waals surface area contributed by atoms with Crippen molar-refractivity contribution in [2.24, 2.45) is 0 Å². The van der Waals surface area contributed by atoms with E-state index in [1.165, 1.54) is 0 Å². The Morgan fingerprint density at radius 1 is 0.763 bits per heavy atom. The second-order valence-corrected chi connectivity index (χ2v) is 11.2. The van der Waals surface area contributed by atoms with Gasteiger partial charge < -0.3 is 5.11 Å². The second kappa shape index (κ2) is 10.3. The molecule has 5 rings (SSSR count). The van der Waals surface area contributed by atoms with Crippen molar-refractivity contribution in [2.75, 3.05) is 0 Å². The number of rotatable bonds is 5. The van der Waals surface area contributed by atoms with Gasteiger partial charge in [-0.3, -0.25) is 4.98 Å². The number of halogens is 2. The van der Waals surface area contributed by atoms with E-state index in [1.54, 1.807) is 24.5 Å². The summed E-state index contributed by atoms with van der Waals surface area (Å²) in [4.78, 5) is 9.28. The Labute approximate surface area is 233 Å². The van der Waals surface area contributed by atoms with Gasteiger partial charge in [-0.15, -0.1) is 0 Å². The smallest absolute Gasteiger partial charge is 0.142 e. The summed E-state index contributed by atoms with van der Waals surface area (Å²) < 4.78 is 0. The highest BCUT2D eigenvalue weighted by atomic mass is 35.5. The highest BCUT2D eigenvalue weighted by Gasteiger charge is 2.35. The number of benzene rings is 3. The molecule has 1 unspecified atom stereocenters. The number of nitrogens with zero attached hydrogens (tertiary/aromatic N) is 2. The third-order valence-electron chi connectivity index (χ3n) is 6.67. The van der Waals surface area contributed by atoms with E-state index >= 15 is 0 Å². The van der Waals surface area contributed by atoms with E-state index in [2.05, 4.69) is 44.0 Å². The van der Waals surface area contributed by atoms with E-state index in [4.69, 9.17) is 28.2 Å². The maximum Gasteiger partial charge on any atom is 0.142 e. The predicted octanol–water partition coefficient (Wildman–Crippen LogP) is 8.69. The van der Waals surface area contributed by atoms with Crippen molar-refractivity contribution in [1.29, 1.82) is 0 Å². The molecular formula is C33H28Cl2N2O. The van der Waals surface area contributed by atoms with Gasteiger partial charge in [0.15, 0.2) is 0 Å². The largest absolute Gasteiger partial charge is 0.376 e. The molecule has 0 aliphatic carbocycles. The normalized spacial score (nSPS) is 13.6. The molecule has 0 spiro atoms. The van der Waals surface area contributed by atoms with E-state index in [1.807, 2.05) is 66.7 Å². The molecule has 2 aromatic heterocycles. The first-order valence-electron chi connectivity index (χ1n) is 12.4. The molecule has 0 saturated heterocycles. The first-order chi connectivity index (χ1) is 18.2. The van der Waals surface area contributed by atoms with Crippen molar-refractivity contribution in [3.05, 3.63) is 141 Å². The van der Waals surface area contributed by atoms with Crippen LogP contribution >= 0.6 is 23.2 Å². The molecule has 1 atom stereocenters. The van der Waals surface area contributed by atoms with Gasteiger partial charge in [0.2, 0.25) is 0 Å². The molecule has 2 heterocycles. The molecule has 190 valence electrons. The zero-order valence-electron chi connectivity index (χ0n) is 21.5. The van der Waals surface area contributed by atoms with Crippen LogP contribution in [0.15, 0.2) is 97.3 Å². The van der Waals surface area contributed by atoms with E-state index in [0.717, 1.165) is 27.7 Å². The predicted molar refractivity (Wildman–Crippen MR) is 159 cm³/mol. The maximum atomic E-state index is 12.3. The Bertz CT molecular complexity index is 1630. The van der Waals surface area contributed by atoms with Crippen LogP contribution in [0.5, 0.6) is 0 Å². The Hall–Kier alpha value is -3.50. The number of aromatic nitrogens is 2. The number of fused-ring (bicyclic) bond motifs is 1. The molecule has 5 aromatic rings. The van der Waals surface area contributed by atoms with Crippen molar-refractivity contribution in [1.82, 2.24) is 9.97 Å². The fourth-order valence-electron chi connectivity index (χ4n) is 4.83. The molecule has 38 heavy (non-hydrogen) atoms. The standard InChI is InChI=1S/C33H28Cl2N2O/c1-32(2,3)30-29(16-14-22-9-5-4-6-10-22)37-28-17-15-24(20-27(28)31(30)35)33(38,25-12-8-18-36-21-25)23-11-7-13-26(34)19-23/h4-21,38H,1-3H3. The van der Waals surface area contributed by atoms with Crippen molar-refractivity contribution < 1.29 is 5.11 Å². The van der Waals surface area contributed by atoms with Gasteiger partial charge in [0.25, 0.3) is 0 Å². The third kappa shape index (κ3) is 4.98. The number of hydrogen-bond acceptors (Lipinski definition) is 3. The Kier molecular flexibility index (Phi) is 7.11. The minimum absolute atomic E-state index is 0.267. The number of aliphatic hydroxyl groups is 1. The van der Waals surface area contributed by atoms with Crippen LogP contribution in [0.4, 0.5) is 0 Å². The van der Waals surface area contributed by atoms with E-state index in [0.29, 0.717) is 26.7 Å². The topological polar surface area (TPSA) is 46.0 Å². The number of hydrogen-bond donors (Lipinski definition) is 1. The average Bonchev–Trinajstić information content (AvgIpc) is 2.91. The van der Waals surface area contributed by atoms with Crippen molar-refractivity contribution in [3.8, 4) is 0 Å². The fourth-order valence-corrected chi connectivity index (χ4v) is 5.55. The van der Waals surface area contributed by atoms with Crippen LogP contribution in [0.1, 0.15) is 54.3 Å². The minimum atomic E-state index is -1.50. The van der Waals surface area contributed by atoms with E-state index in [-0.39, 0.29) is 5.41 Å². The SMILES string of the molecule is CC(C)(C)c1c(C=Cc2ccccc2)nc2ccc(C(O)(c3cccnc3)c3cccc(Cl)c3)cc2c1Cl. The molecule has 5 heteroatoms. The molecule has 0 bridgehead atoms. The van der Waals surface area contributed by atoms with Crippen LogP contribution in [0.3, 0.4) is 0 Å². The summed E-state index contributed by atoms with van der Waals surface area (Å²) in [6.07, 6.45) is 7.42. The van der Waals surface area contributed by atoms with Gasteiger partial charge >= 0.3 is 0 Å². The molecule has 3 aromatic carbocycles. The molecular weight excluding hydrogens is 511 g/mol. The van der Waals surface area contributed by atoms with Crippen molar-refractivity contribution >= 4 is 46.3 Å². The van der Waals surface area contributed by atoms with Crippen molar-refractivity contribution in [3.63, 3.8) is 0 Å². The molecule has 0 saturated carbocycles. The van der Waals surface area contributed by atoms with Gasteiger partial charge in [-0.2, -0.15) is 0 Å². The first-order valence-corrected chi connectivity index (χ1v) is 13.2. The third-order valence-corrected chi connectivity index (χ3v) is 7.30. The van der Waals surface area contributed by atoms with E-state index in [9.17, 15) is 5.11 Å². The summed E-state index contributed by atoms with van der Waals surface area (Å²) in [5.74, 6) is 0. The van der Waals surface area contributed by atoms with Crippen LogP contribution in [0.25, 0.3) is 23.1 Å². The zero-order chi connectivity index (χ0) is 26.9. The van der Waals surface area contributed by atoms with Crippen LogP contribution in [-0.2, 0) is 11.0 Å². The van der Waals surface area contributed by atoms with Crippen LogP contribution in [0.2, 0.25) is 10.0 Å². The van der Waals surface area contributed by atoms with Crippen LogP contribution < -0.4 is 0 Å². The van der Waals surface area contributed by atoms with Gasteiger partial charge in [0, 0.05) is 33.9 Å². The van der Waals surface area contributed by atoms with Gasteiger partial charge in [0.1, 0.15) is 5.60 Å². The van der Waals surface area contributed by atoms with Gasteiger partial charge in [-0.1, -0.05) is 105 Å². The lowest BCUT2D eigenvalue weighted by Crippen LogP contribution is -2.29. The lowest BCUT2D eigenvalue weighted by atomic mass is 9.80. The Morgan fingerprint density at radius 3 is 2.18 bits per heavy atom. The fraction of sp³-hybridized carbons (Fsp3) is 0.152. The summed E-state index contributed by atoms with van der Waals surface area (Å²) in [5.41, 5.74) is 3.76. The second-order valence-electron chi connectivity index (χ2n) is 10.4. The molecule has 0 radical (unpaired) electrons. The molecule has 0 aliphatic rings. The summed E-state index contributed by atoms with van der Waals surface area (Å²) in [6.45, 7) is 6.39. The highest BCUT2D eigenvalue weighted by molar-refractivity contribution is 6.36. The average molecular weight is 540 g/mol. The molecule has 0 aliphatic heterocycles. The molecule has 1 N–H and O–H groups in total. The van der Waals surface area contributed by atoms with Gasteiger partial charge in [0.05, 0.1) is 16.2 Å². The lowest BCUT2D eigenvalue weighted by Gasteiger charge is -2.30. The zero-order valence-corrected chi connectivity index (χ0v) is 23.0.